The average Bonchev–Trinajstić information content (AvgIpc) is 2.25. The Labute approximate surface area is 94.0 Å². The molecule has 0 heterocycles. The predicted molar refractivity (Wildman–Crippen MR) is 64.8 cm³/mol. The zero-order valence-corrected chi connectivity index (χ0v) is 10.6. The van der Waals surface area contributed by atoms with Crippen LogP contribution in [0.1, 0.15) is 47.0 Å². The standard InChI is InChI=1S/C12H26N2O/c1-5-8-13-12(15)9-14-10(4)11(6-2)7-3/h10-11,14H,5-9H2,1-4H3,(H,13,15). The molecule has 1 amide bonds. The summed E-state index contributed by atoms with van der Waals surface area (Å²) in [6.45, 7) is 9.83. The topological polar surface area (TPSA) is 41.1 Å². The highest BCUT2D eigenvalue weighted by molar-refractivity contribution is 5.77. The van der Waals surface area contributed by atoms with E-state index in [1.54, 1.807) is 0 Å². The second kappa shape index (κ2) is 8.72. The Morgan fingerprint density at radius 2 is 1.80 bits per heavy atom. The summed E-state index contributed by atoms with van der Waals surface area (Å²) in [5.41, 5.74) is 0. The summed E-state index contributed by atoms with van der Waals surface area (Å²) in [4.78, 5) is 11.3. The fourth-order valence-corrected chi connectivity index (χ4v) is 1.74. The summed E-state index contributed by atoms with van der Waals surface area (Å²) in [5.74, 6) is 0.777. The van der Waals surface area contributed by atoms with Gasteiger partial charge < -0.3 is 10.6 Å². The van der Waals surface area contributed by atoms with E-state index in [2.05, 4.69) is 38.3 Å². The smallest absolute Gasteiger partial charge is 0.233 e. The number of carbonyl (C=O) groups excluding carboxylic acids is 1. The van der Waals surface area contributed by atoms with Crippen LogP contribution in [0.25, 0.3) is 0 Å². The molecule has 0 rings (SSSR count). The van der Waals surface area contributed by atoms with Gasteiger partial charge in [-0.25, -0.2) is 0 Å². The van der Waals surface area contributed by atoms with E-state index in [0.717, 1.165) is 13.0 Å². The molecular weight excluding hydrogens is 188 g/mol. The lowest BCUT2D eigenvalue weighted by molar-refractivity contribution is -0.120. The first kappa shape index (κ1) is 14.4. The van der Waals surface area contributed by atoms with Gasteiger partial charge in [-0.2, -0.15) is 0 Å². The molecule has 0 aromatic carbocycles. The molecule has 0 aromatic rings. The third kappa shape index (κ3) is 6.50. The molecule has 0 fully saturated rings. The first-order valence-corrected chi connectivity index (χ1v) is 6.15. The summed E-state index contributed by atoms with van der Waals surface area (Å²) < 4.78 is 0. The molecular formula is C12H26N2O. The van der Waals surface area contributed by atoms with E-state index < -0.39 is 0 Å². The maximum Gasteiger partial charge on any atom is 0.233 e. The molecule has 1 atom stereocenters. The van der Waals surface area contributed by atoms with Gasteiger partial charge in [0.25, 0.3) is 0 Å². The van der Waals surface area contributed by atoms with Crippen molar-refractivity contribution in [3.63, 3.8) is 0 Å². The van der Waals surface area contributed by atoms with E-state index >= 15 is 0 Å². The fraction of sp³-hybridized carbons (Fsp3) is 0.917. The molecule has 0 aromatic heterocycles. The first-order valence-electron chi connectivity index (χ1n) is 6.15. The molecule has 0 aliphatic carbocycles. The second-order valence-electron chi connectivity index (χ2n) is 4.10. The molecule has 3 heteroatoms. The van der Waals surface area contributed by atoms with Gasteiger partial charge in [0.15, 0.2) is 0 Å². The summed E-state index contributed by atoms with van der Waals surface area (Å²) >= 11 is 0. The van der Waals surface area contributed by atoms with Crippen LogP contribution in [0.15, 0.2) is 0 Å². The van der Waals surface area contributed by atoms with Gasteiger partial charge in [-0.3, -0.25) is 4.79 Å². The Kier molecular flexibility index (Phi) is 8.38. The number of carbonyl (C=O) groups is 1. The van der Waals surface area contributed by atoms with Crippen LogP contribution in [0.3, 0.4) is 0 Å². The number of hydrogen-bond donors (Lipinski definition) is 2. The molecule has 0 saturated carbocycles. The van der Waals surface area contributed by atoms with Crippen LogP contribution in [0.2, 0.25) is 0 Å². The molecule has 3 nitrogen and oxygen atoms in total. The van der Waals surface area contributed by atoms with Crippen molar-refractivity contribution in [2.45, 2.75) is 53.0 Å². The zero-order valence-electron chi connectivity index (χ0n) is 10.6. The van der Waals surface area contributed by atoms with E-state index in [-0.39, 0.29) is 5.91 Å². The number of hydrogen-bond acceptors (Lipinski definition) is 2. The van der Waals surface area contributed by atoms with Crippen LogP contribution >= 0.6 is 0 Å². The monoisotopic (exact) mass is 214 g/mol. The molecule has 90 valence electrons. The Hall–Kier alpha value is -0.570. The largest absolute Gasteiger partial charge is 0.355 e. The van der Waals surface area contributed by atoms with Gasteiger partial charge in [0, 0.05) is 12.6 Å². The van der Waals surface area contributed by atoms with Crippen LogP contribution in [0, 0.1) is 5.92 Å². The molecule has 0 bridgehead atoms. The van der Waals surface area contributed by atoms with Crippen molar-refractivity contribution in [2.75, 3.05) is 13.1 Å². The highest BCUT2D eigenvalue weighted by Gasteiger charge is 2.13. The van der Waals surface area contributed by atoms with Gasteiger partial charge in [-0.1, -0.05) is 33.6 Å². The maximum absolute atomic E-state index is 11.3. The summed E-state index contributed by atoms with van der Waals surface area (Å²) in [5, 5.41) is 6.14. The van der Waals surface area contributed by atoms with E-state index in [0.29, 0.717) is 18.5 Å². The minimum atomic E-state index is 0.106. The fourth-order valence-electron chi connectivity index (χ4n) is 1.74. The third-order valence-electron chi connectivity index (χ3n) is 2.91. The van der Waals surface area contributed by atoms with Gasteiger partial charge in [-0.05, 0) is 19.3 Å². The highest BCUT2D eigenvalue weighted by atomic mass is 16.1. The summed E-state index contributed by atoms with van der Waals surface area (Å²) in [6.07, 6.45) is 3.33. The Morgan fingerprint density at radius 1 is 1.20 bits per heavy atom. The summed E-state index contributed by atoms with van der Waals surface area (Å²) in [6, 6.07) is 0.423. The van der Waals surface area contributed by atoms with E-state index in [9.17, 15) is 4.79 Å². The van der Waals surface area contributed by atoms with Crippen molar-refractivity contribution in [1.29, 1.82) is 0 Å². The predicted octanol–water partition coefficient (Wildman–Crippen LogP) is 1.93. The molecule has 0 aliphatic heterocycles. The van der Waals surface area contributed by atoms with Crippen LogP contribution < -0.4 is 10.6 Å². The van der Waals surface area contributed by atoms with Gasteiger partial charge in [0.2, 0.25) is 5.91 Å². The lowest BCUT2D eigenvalue weighted by atomic mass is 9.95. The minimum absolute atomic E-state index is 0.106. The van der Waals surface area contributed by atoms with Crippen LogP contribution in [0.5, 0.6) is 0 Å². The van der Waals surface area contributed by atoms with Crippen molar-refractivity contribution in [3.8, 4) is 0 Å². The SMILES string of the molecule is CCCNC(=O)CNC(C)C(CC)CC. The first-order chi connectivity index (χ1) is 7.15. The zero-order chi connectivity index (χ0) is 11.7. The molecule has 15 heavy (non-hydrogen) atoms. The Bertz CT molecular complexity index is 167. The van der Waals surface area contributed by atoms with Crippen molar-refractivity contribution >= 4 is 5.91 Å². The quantitative estimate of drug-likeness (QED) is 0.648. The maximum atomic E-state index is 11.3. The van der Waals surface area contributed by atoms with Crippen LogP contribution in [-0.4, -0.2) is 25.0 Å². The molecule has 2 N–H and O–H groups in total. The normalized spacial score (nSPS) is 12.9. The van der Waals surface area contributed by atoms with Crippen molar-refractivity contribution in [1.82, 2.24) is 10.6 Å². The van der Waals surface area contributed by atoms with Crippen LogP contribution in [-0.2, 0) is 4.79 Å². The van der Waals surface area contributed by atoms with Gasteiger partial charge in [-0.15, -0.1) is 0 Å². The van der Waals surface area contributed by atoms with Gasteiger partial charge in [0.05, 0.1) is 6.54 Å². The highest BCUT2D eigenvalue weighted by Crippen LogP contribution is 2.11. The van der Waals surface area contributed by atoms with E-state index in [4.69, 9.17) is 0 Å². The molecule has 0 saturated heterocycles. The number of rotatable bonds is 8. The molecule has 0 radical (unpaired) electrons. The third-order valence-corrected chi connectivity index (χ3v) is 2.91. The minimum Gasteiger partial charge on any atom is -0.355 e. The lowest BCUT2D eigenvalue weighted by Gasteiger charge is -2.22. The number of nitrogens with one attached hydrogen (secondary N) is 2. The van der Waals surface area contributed by atoms with Crippen LogP contribution in [0.4, 0.5) is 0 Å². The average molecular weight is 214 g/mol. The molecule has 1 unspecified atom stereocenters. The van der Waals surface area contributed by atoms with E-state index in [1.165, 1.54) is 12.8 Å². The van der Waals surface area contributed by atoms with Gasteiger partial charge >= 0.3 is 0 Å². The Balaban J connectivity index is 3.68. The second-order valence-corrected chi connectivity index (χ2v) is 4.10. The molecule has 0 spiro atoms. The van der Waals surface area contributed by atoms with Crippen molar-refractivity contribution in [3.05, 3.63) is 0 Å². The lowest BCUT2D eigenvalue weighted by Crippen LogP contribution is -2.41. The molecule has 0 aliphatic rings. The van der Waals surface area contributed by atoms with E-state index in [1.807, 2.05) is 0 Å². The van der Waals surface area contributed by atoms with Gasteiger partial charge in [0.1, 0.15) is 0 Å². The Morgan fingerprint density at radius 3 is 2.27 bits per heavy atom. The summed E-state index contributed by atoms with van der Waals surface area (Å²) in [7, 11) is 0. The van der Waals surface area contributed by atoms with Crippen molar-refractivity contribution in [2.24, 2.45) is 5.92 Å². The van der Waals surface area contributed by atoms with Crippen molar-refractivity contribution < 1.29 is 4.79 Å². The number of amides is 1.